The first-order chi connectivity index (χ1) is 31.5. The van der Waals surface area contributed by atoms with Gasteiger partial charge in [0, 0.05) is 62.6 Å². The molecule has 10 heterocycles. The predicted molar refractivity (Wildman–Crippen MR) is 249 cm³/mol. The van der Waals surface area contributed by atoms with Crippen LogP contribution in [-0.2, 0) is 45.1 Å². The Morgan fingerprint density at radius 1 is 0.652 bits per heavy atom. The van der Waals surface area contributed by atoms with Crippen molar-refractivity contribution in [2.45, 2.75) is 123 Å². The number of nitrogens with zero attached hydrogens (tertiary/aromatic N) is 6. The summed E-state index contributed by atoms with van der Waals surface area (Å²) in [6.07, 6.45) is 9.65. The van der Waals surface area contributed by atoms with Crippen LogP contribution in [0.3, 0.4) is 0 Å². The maximum absolute atomic E-state index is 12.3. The highest BCUT2D eigenvalue weighted by atomic mass is 32.2. The number of amides is 4. The molecule has 6 aliphatic rings. The third-order valence-corrected chi connectivity index (χ3v) is 15.5. The Morgan fingerprint density at radius 2 is 1.18 bits per heavy atom. The first-order valence-electron chi connectivity index (χ1n) is 22.2. The molecule has 10 rings (SSSR count). The predicted octanol–water partition coefficient (Wildman–Crippen LogP) is 4.80. The number of hydrogen-bond acceptors (Lipinski definition) is 12. The highest BCUT2D eigenvalue weighted by Crippen LogP contribution is 2.38. The minimum atomic E-state index is -0.418. The number of rotatable bonds is 8. The largest absolute Gasteiger partial charge is 0.357 e. The Labute approximate surface area is 391 Å². The van der Waals surface area contributed by atoms with Gasteiger partial charge in [-0.05, 0) is 101 Å². The van der Waals surface area contributed by atoms with Crippen molar-refractivity contribution in [3.8, 4) is 0 Å². The second-order valence-electron chi connectivity index (χ2n) is 17.1. The molecule has 6 aliphatic heterocycles. The minimum absolute atomic E-state index is 0.00759. The number of hydrogen-bond donors (Lipinski definition) is 4. The molecule has 66 heavy (non-hydrogen) atoms. The van der Waals surface area contributed by atoms with E-state index in [0.717, 1.165) is 47.3 Å². The van der Waals surface area contributed by atoms with Gasteiger partial charge in [-0.25, -0.2) is 15.0 Å². The fraction of sp³-hybridized carbons (Fsp3) is 0.478. The van der Waals surface area contributed by atoms with Crippen molar-refractivity contribution in [1.29, 1.82) is 0 Å². The van der Waals surface area contributed by atoms with Crippen LogP contribution in [-0.4, -0.2) is 150 Å². The van der Waals surface area contributed by atoms with Crippen LogP contribution in [0.15, 0.2) is 49.1 Å². The number of aromatic amines is 4. The van der Waals surface area contributed by atoms with Crippen molar-refractivity contribution < 1.29 is 38.4 Å². The number of Topliss-reactive ketones (excluding diaryl/α,β-unsaturated/α-hetero) is 4. The van der Waals surface area contributed by atoms with Crippen molar-refractivity contribution in [2.24, 2.45) is 0 Å². The number of H-pyrrole nitrogens is 4. The SMILES string of the molecule is CC(=O)C1CSC2Cc3cc[nH]c3C(=O)N21.CC(=O)C1SCN2Cc3cc[nH]c3C(=O)N12.CCC1Cc2cc[nH]c2C(=O)N1C(C)C(C)=O.CCN1Cc2cc[nH]c2C(=O)N1C(C)C(C)=O. The van der Waals surface area contributed by atoms with Gasteiger partial charge in [-0.15, -0.1) is 23.5 Å². The summed E-state index contributed by atoms with van der Waals surface area (Å²) >= 11 is 3.21. The van der Waals surface area contributed by atoms with Crippen LogP contribution in [0.1, 0.15) is 126 Å². The van der Waals surface area contributed by atoms with Crippen molar-refractivity contribution in [2.75, 3.05) is 18.2 Å². The van der Waals surface area contributed by atoms with Gasteiger partial charge >= 0.3 is 0 Å². The van der Waals surface area contributed by atoms with E-state index < -0.39 is 6.04 Å². The number of thioether (sulfide) groups is 2. The number of carbonyl (C=O) groups is 8. The number of carbonyl (C=O) groups excluding carboxylic acids is 8. The molecule has 4 N–H and O–H groups in total. The van der Waals surface area contributed by atoms with Gasteiger partial charge in [0.2, 0.25) is 0 Å². The lowest BCUT2D eigenvalue weighted by molar-refractivity contribution is -0.128. The van der Waals surface area contributed by atoms with E-state index >= 15 is 0 Å². The number of nitrogens with one attached hydrogen (secondary N) is 4. The molecule has 0 bridgehead atoms. The third-order valence-electron chi connectivity index (χ3n) is 12.9. The smallest absolute Gasteiger partial charge is 0.286 e. The zero-order valence-electron chi connectivity index (χ0n) is 38.5. The van der Waals surface area contributed by atoms with E-state index in [1.807, 2.05) is 41.2 Å². The molecule has 20 heteroatoms. The summed E-state index contributed by atoms with van der Waals surface area (Å²) in [5.74, 6) is 1.26. The Hall–Kier alpha value is -5.70. The van der Waals surface area contributed by atoms with Crippen molar-refractivity contribution in [1.82, 2.24) is 49.8 Å². The summed E-state index contributed by atoms with van der Waals surface area (Å²) in [6.45, 7) is 15.8. The Bertz CT molecular complexity index is 2360. The van der Waals surface area contributed by atoms with E-state index in [0.29, 0.717) is 48.3 Å². The zero-order chi connectivity index (χ0) is 47.7. The van der Waals surface area contributed by atoms with E-state index in [4.69, 9.17) is 0 Å². The number of aromatic nitrogens is 4. The number of hydrazine groups is 2. The highest BCUT2D eigenvalue weighted by Gasteiger charge is 2.45. The number of fused-ring (bicyclic) bond motifs is 6. The van der Waals surface area contributed by atoms with Gasteiger partial charge in [0.15, 0.2) is 28.5 Å². The van der Waals surface area contributed by atoms with Crippen LogP contribution in [0.5, 0.6) is 0 Å². The second kappa shape index (κ2) is 20.0. The average Bonchev–Trinajstić information content (AvgIpc) is 4.15. The molecule has 0 saturated carbocycles. The van der Waals surface area contributed by atoms with Gasteiger partial charge in [0.1, 0.15) is 34.9 Å². The van der Waals surface area contributed by atoms with Crippen molar-refractivity contribution in [3.63, 3.8) is 0 Å². The molecule has 4 aromatic rings. The van der Waals surface area contributed by atoms with Crippen LogP contribution >= 0.6 is 23.5 Å². The summed E-state index contributed by atoms with van der Waals surface area (Å²) in [5, 5.41) is 6.75. The fourth-order valence-electron chi connectivity index (χ4n) is 9.07. The highest BCUT2D eigenvalue weighted by molar-refractivity contribution is 8.00. The summed E-state index contributed by atoms with van der Waals surface area (Å²) in [4.78, 5) is 110. The molecule has 0 aliphatic carbocycles. The molecular weight excluding hydrogens is 885 g/mol. The molecule has 0 spiro atoms. The molecule has 4 amide bonds. The monoisotopic (exact) mass is 942 g/mol. The molecule has 2 saturated heterocycles. The molecule has 2 fully saturated rings. The lowest BCUT2D eigenvalue weighted by atomic mass is 9.94. The molecule has 6 atom stereocenters. The van der Waals surface area contributed by atoms with Gasteiger partial charge in [-0.1, -0.05) is 13.8 Å². The molecule has 0 aromatic carbocycles. The van der Waals surface area contributed by atoms with Crippen molar-refractivity contribution in [3.05, 3.63) is 94.1 Å². The van der Waals surface area contributed by atoms with Crippen LogP contribution in [0, 0.1) is 0 Å². The average molecular weight is 943 g/mol. The summed E-state index contributed by atoms with van der Waals surface area (Å²) in [7, 11) is 0. The Balaban J connectivity index is 0.000000131. The standard InChI is InChI=1S/C13H18N2O2.C12H17N3O2.C11H12N2O2S.C10H11N3O2S/c1-4-11-7-10-5-6-14-12(10)13(17)15(11)8(2)9(3)16;1-4-14-7-10-5-6-13-11(10)12(17)15(14)8(2)9(3)16;1-6(14)8-5-16-9-4-7-2-3-12-10(7)11(15)13(8)9;1-6(14)10-13-9(15)8-7(2-3-11-8)4-12(13)5-16-10/h5-6,8,11,14H,4,7H2,1-3H3;5-6,8,13H,4,7H2,1-3H3;2-3,8-9,12H,4-5H2,1H3;2-3,10-11H,4-5H2,1H3. The van der Waals surface area contributed by atoms with E-state index in [2.05, 4.69) is 26.9 Å². The van der Waals surface area contributed by atoms with Gasteiger partial charge in [-0.2, -0.15) is 0 Å². The van der Waals surface area contributed by atoms with Gasteiger partial charge in [0.05, 0.1) is 17.3 Å². The quantitative estimate of drug-likeness (QED) is 0.187. The topological polar surface area (TPSA) is 219 Å². The van der Waals surface area contributed by atoms with E-state index in [9.17, 15) is 38.4 Å². The maximum atomic E-state index is 12.3. The van der Waals surface area contributed by atoms with Crippen LogP contribution in [0.25, 0.3) is 0 Å². The first kappa shape index (κ1) is 48.2. The normalized spacial score (nSPS) is 22.8. The maximum Gasteiger partial charge on any atom is 0.286 e. The molecule has 6 unspecified atom stereocenters. The van der Waals surface area contributed by atoms with Crippen molar-refractivity contribution >= 4 is 70.3 Å². The molecule has 0 radical (unpaired) electrons. The van der Waals surface area contributed by atoms with E-state index in [1.54, 1.807) is 77.1 Å². The van der Waals surface area contributed by atoms with Crippen LogP contribution in [0.4, 0.5) is 0 Å². The van der Waals surface area contributed by atoms with Gasteiger partial charge in [0.25, 0.3) is 23.6 Å². The molecular formula is C46H58N10O8S2. The van der Waals surface area contributed by atoms with Crippen LogP contribution < -0.4 is 0 Å². The summed E-state index contributed by atoms with van der Waals surface area (Å²) < 4.78 is 0. The van der Waals surface area contributed by atoms with E-state index in [-0.39, 0.29) is 75.6 Å². The Morgan fingerprint density at radius 3 is 1.73 bits per heavy atom. The fourth-order valence-corrected chi connectivity index (χ4v) is 11.7. The van der Waals surface area contributed by atoms with Gasteiger partial charge in [-0.3, -0.25) is 43.4 Å². The second-order valence-corrected chi connectivity index (χ2v) is 19.3. The lowest BCUT2D eigenvalue weighted by Gasteiger charge is -2.40. The minimum Gasteiger partial charge on any atom is -0.357 e. The first-order valence-corrected chi connectivity index (χ1v) is 24.3. The summed E-state index contributed by atoms with van der Waals surface area (Å²) in [6, 6.07) is 6.85. The summed E-state index contributed by atoms with van der Waals surface area (Å²) in [5.41, 5.74) is 6.65. The Kier molecular flexibility index (Phi) is 14.6. The van der Waals surface area contributed by atoms with E-state index in [1.165, 1.54) is 32.5 Å². The van der Waals surface area contributed by atoms with Crippen LogP contribution in [0.2, 0.25) is 0 Å². The third kappa shape index (κ3) is 9.19. The zero-order valence-corrected chi connectivity index (χ0v) is 40.1. The molecule has 352 valence electrons. The molecule has 4 aromatic heterocycles. The van der Waals surface area contributed by atoms with Gasteiger partial charge < -0.3 is 29.7 Å². The molecule has 18 nitrogen and oxygen atoms in total. The number of ketones is 4. The lowest BCUT2D eigenvalue weighted by Crippen LogP contribution is -2.55.